The molecule has 7 nitrogen and oxygen atoms in total. The fourth-order valence-corrected chi connectivity index (χ4v) is 2.64. The van der Waals surface area contributed by atoms with Crippen LogP contribution in [0, 0.1) is 0 Å². The van der Waals surface area contributed by atoms with Gasteiger partial charge in [-0.3, -0.25) is 4.99 Å². The predicted molar refractivity (Wildman–Crippen MR) is 117 cm³/mol. The van der Waals surface area contributed by atoms with Gasteiger partial charge in [0.1, 0.15) is 5.60 Å². The summed E-state index contributed by atoms with van der Waals surface area (Å²) in [6.07, 6.45) is -0.271. The van der Waals surface area contributed by atoms with Crippen LogP contribution in [-0.2, 0) is 22.6 Å². The normalized spacial score (nSPS) is 14.9. The first-order valence-electron chi connectivity index (χ1n) is 8.83. The number of carbonyl (C=O) groups excluding carboxylic acids is 1. The van der Waals surface area contributed by atoms with Gasteiger partial charge in [-0.2, -0.15) is 0 Å². The molecule has 152 valence electrons. The van der Waals surface area contributed by atoms with Crippen LogP contribution in [0.1, 0.15) is 31.9 Å². The van der Waals surface area contributed by atoms with Crippen molar-refractivity contribution in [3.05, 3.63) is 35.4 Å². The number of halogens is 1. The quantitative estimate of drug-likeness (QED) is 0.377. The van der Waals surface area contributed by atoms with Crippen molar-refractivity contribution in [2.45, 2.75) is 45.6 Å². The maximum Gasteiger partial charge on any atom is 0.410 e. The first kappa shape index (κ1) is 23.5. The molecule has 0 bridgehead atoms. The molecular formula is C19H31IN4O3. The second-order valence-electron chi connectivity index (χ2n) is 7.35. The molecule has 2 N–H and O–H groups in total. The highest BCUT2D eigenvalue weighted by Crippen LogP contribution is 2.15. The summed E-state index contributed by atoms with van der Waals surface area (Å²) in [5.41, 5.74) is 1.85. The van der Waals surface area contributed by atoms with Gasteiger partial charge in [0.25, 0.3) is 0 Å². The van der Waals surface area contributed by atoms with Gasteiger partial charge in [-0.25, -0.2) is 4.79 Å². The molecule has 0 unspecified atom stereocenters. The lowest BCUT2D eigenvalue weighted by Crippen LogP contribution is -2.63. The highest BCUT2D eigenvalue weighted by atomic mass is 127. The van der Waals surface area contributed by atoms with Gasteiger partial charge in [-0.15, -0.1) is 24.0 Å². The van der Waals surface area contributed by atoms with Crippen molar-refractivity contribution < 1.29 is 14.3 Å². The van der Waals surface area contributed by atoms with Crippen LogP contribution in [0.5, 0.6) is 0 Å². The zero-order valence-electron chi connectivity index (χ0n) is 16.7. The molecule has 0 atom stereocenters. The number of nitrogens with one attached hydrogen (secondary N) is 2. The number of guanidine groups is 1. The number of likely N-dealkylation sites (tertiary alicyclic amines) is 1. The van der Waals surface area contributed by atoms with Gasteiger partial charge in [-0.05, 0) is 31.9 Å². The molecular weight excluding hydrogens is 459 g/mol. The molecule has 8 heteroatoms. The lowest BCUT2D eigenvalue weighted by atomic mass is 10.1. The summed E-state index contributed by atoms with van der Waals surface area (Å²) >= 11 is 0. The number of ether oxygens (including phenoxy) is 2. The van der Waals surface area contributed by atoms with E-state index < -0.39 is 5.60 Å². The largest absolute Gasteiger partial charge is 0.444 e. The Morgan fingerprint density at radius 3 is 2.44 bits per heavy atom. The number of benzene rings is 1. The van der Waals surface area contributed by atoms with E-state index in [9.17, 15) is 4.79 Å². The van der Waals surface area contributed by atoms with Crippen LogP contribution in [-0.4, -0.2) is 55.8 Å². The smallest absolute Gasteiger partial charge is 0.410 e. The van der Waals surface area contributed by atoms with E-state index >= 15 is 0 Å². The van der Waals surface area contributed by atoms with Gasteiger partial charge in [-0.1, -0.05) is 24.3 Å². The van der Waals surface area contributed by atoms with Crippen LogP contribution < -0.4 is 10.6 Å². The first-order chi connectivity index (χ1) is 12.3. The zero-order valence-corrected chi connectivity index (χ0v) is 19.1. The standard InChI is InChI=1S/C19H30N4O3.HI/c1-19(2,3)26-18(24)23-11-16(12-23)22-17(20-4)21-10-14-8-6-7-9-15(14)13-25-5;/h6-9,16H,10-13H2,1-5H3,(H2,20,21,22);1H. The van der Waals surface area contributed by atoms with Crippen molar-refractivity contribution in [1.82, 2.24) is 15.5 Å². The Morgan fingerprint density at radius 1 is 1.26 bits per heavy atom. The van der Waals surface area contributed by atoms with Gasteiger partial charge >= 0.3 is 6.09 Å². The van der Waals surface area contributed by atoms with Crippen molar-refractivity contribution in [3.63, 3.8) is 0 Å². The van der Waals surface area contributed by atoms with Gasteiger partial charge in [0.15, 0.2) is 5.96 Å². The van der Waals surface area contributed by atoms with E-state index in [4.69, 9.17) is 9.47 Å². The fraction of sp³-hybridized carbons (Fsp3) is 0.579. The summed E-state index contributed by atoms with van der Waals surface area (Å²) in [7, 11) is 3.43. The van der Waals surface area contributed by atoms with Crippen LogP contribution in [0.15, 0.2) is 29.3 Å². The van der Waals surface area contributed by atoms with Crippen molar-refractivity contribution >= 4 is 36.0 Å². The third-order valence-corrected chi connectivity index (χ3v) is 3.96. The lowest BCUT2D eigenvalue weighted by Gasteiger charge is -2.40. The minimum absolute atomic E-state index is 0. The zero-order chi connectivity index (χ0) is 19.2. The van der Waals surface area contributed by atoms with E-state index in [2.05, 4.69) is 27.8 Å². The molecule has 0 saturated carbocycles. The maximum absolute atomic E-state index is 12.0. The summed E-state index contributed by atoms with van der Waals surface area (Å²) in [5, 5.41) is 6.65. The number of methoxy groups -OCH3 is 1. The van der Waals surface area contributed by atoms with E-state index in [1.807, 2.05) is 32.9 Å². The lowest BCUT2D eigenvalue weighted by molar-refractivity contribution is 0.00701. The Labute approximate surface area is 178 Å². The van der Waals surface area contributed by atoms with Gasteiger partial charge < -0.3 is 25.0 Å². The Hall–Kier alpha value is -1.55. The van der Waals surface area contributed by atoms with E-state index in [0.717, 1.165) is 5.56 Å². The van der Waals surface area contributed by atoms with Crippen molar-refractivity contribution in [2.24, 2.45) is 4.99 Å². The number of carbonyl (C=O) groups is 1. The molecule has 0 aliphatic carbocycles. The molecule has 1 fully saturated rings. The summed E-state index contributed by atoms with van der Waals surface area (Å²) < 4.78 is 10.6. The minimum Gasteiger partial charge on any atom is -0.444 e. The van der Waals surface area contributed by atoms with Crippen LogP contribution in [0.2, 0.25) is 0 Å². The van der Waals surface area contributed by atoms with Crippen LogP contribution in [0.4, 0.5) is 4.79 Å². The highest BCUT2D eigenvalue weighted by molar-refractivity contribution is 14.0. The van der Waals surface area contributed by atoms with E-state index in [1.54, 1.807) is 19.1 Å². The molecule has 1 aliphatic rings. The molecule has 1 amide bonds. The SMILES string of the molecule is CN=C(NCc1ccccc1COC)NC1CN(C(=O)OC(C)(C)C)C1.I. The van der Waals surface area contributed by atoms with E-state index in [1.165, 1.54) is 5.56 Å². The molecule has 1 saturated heterocycles. The number of hydrogen-bond donors (Lipinski definition) is 2. The van der Waals surface area contributed by atoms with Crippen molar-refractivity contribution in [1.29, 1.82) is 0 Å². The minimum atomic E-state index is -0.469. The van der Waals surface area contributed by atoms with Crippen LogP contribution >= 0.6 is 24.0 Å². The molecule has 1 aromatic carbocycles. The number of rotatable bonds is 5. The molecule has 27 heavy (non-hydrogen) atoms. The van der Waals surface area contributed by atoms with Gasteiger partial charge in [0.05, 0.1) is 12.6 Å². The molecule has 2 rings (SSSR count). The monoisotopic (exact) mass is 490 g/mol. The number of nitrogens with zero attached hydrogens (tertiary/aromatic N) is 2. The number of amides is 1. The second-order valence-corrected chi connectivity index (χ2v) is 7.35. The van der Waals surface area contributed by atoms with Gasteiger partial charge in [0.2, 0.25) is 0 Å². The van der Waals surface area contributed by atoms with Crippen LogP contribution in [0.3, 0.4) is 0 Å². The predicted octanol–water partition coefficient (Wildman–Crippen LogP) is 2.74. The third kappa shape index (κ3) is 7.53. The highest BCUT2D eigenvalue weighted by Gasteiger charge is 2.34. The summed E-state index contributed by atoms with van der Waals surface area (Å²) in [6.45, 7) is 8.06. The van der Waals surface area contributed by atoms with Gasteiger partial charge in [0, 0.05) is 33.8 Å². The summed E-state index contributed by atoms with van der Waals surface area (Å²) in [4.78, 5) is 17.9. The molecule has 0 spiro atoms. The Balaban J connectivity index is 0.00000364. The van der Waals surface area contributed by atoms with Crippen LogP contribution in [0.25, 0.3) is 0 Å². The molecule has 1 heterocycles. The summed E-state index contributed by atoms with van der Waals surface area (Å²) in [6, 6.07) is 8.31. The van der Waals surface area contributed by atoms with Crippen molar-refractivity contribution in [2.75, 3.05) is 27.2 Å². The Morgan fingerprint density at radius 2 is 1.89 bits per heavy atom. The average molecular weight is 490 g/mol. The molecule has 1 aromatic rings. The van der Waals surface area contributed by atoms with E-state index in [-0.39, 0.29) is 36.1 Å². The Bertz CT molecular complexity index is 640. The first-order valence-corrected chi connectivity index (χ1v) is 8.83. The maximum atomic E-state index is 12.0. The fourth-order valence-electron chi connectivity index (χ4n) is 2.64. The van der Waals surface area contributed by atoms with E-state index in [0.29, 0.717) is 32.2 Å². The Kier molecular flexibility index (Phi) is 9.31. The molecule has 0 radical (unpaired) electrons. The molecule has 0 aromatic heterocycles. The topological polar surface area (TPSA) is 75.2 Å². The average Bonchev–Trinajstić information content (AvgIpc) is 2.53. The molecule has 1 aliphatic heterocycles. The second kappa shape index (κ2) is 10.7. The van der Waals surface area contributed by atoms with Crippen molar-refractivity contribution in [3.8, 4) is 0 Å². The third-order valence-electron chi connectivity index (χ3n) is 3.96. The number of hydrogen-bond acceptors (Lipinski definition) is 4. The summed E-state index contributed by atoms with van der Waals surface area (Å²) in [5.74, 6) is 0.714. The number of aliphatic imine (C=N–C) groups is 1.